The molecule has 0 aromatic carbocycles. The molecule has 2 rings (SSSR count). The van der Waals surface area contributed by atoms with E-state index in [-0.39, 0.29) is 5.75 Å². The lowest BCUT2D eigenvalue weighted by Crippen LogP contribution is -2.56. The molecule has 0 bridgehead atoms. The monoisotopic (exact) mass is 269 g/mol. The van der Waals surface area contributed by atoms with Gasteiger partial charge in [-0.1, -0.05) is 13.8 Å². The molecule has 1 aliphatic heterocycles. The highest BCUT2D eigenvalue weighted by Gasteiger charge is 2.45. The van der Waals surface area contributed by atoms with Crippen molar-refractivity contribution in [2.75, 3.05) is 23.7 Å². The topological polar surface area (TPSA) is 63.2 Å². The number of rotatable bonds is 3. The predicted octanol–water partition coefficient (Wildman–Crippen LogP) is 1.27. The second kappa shape index (κ2) is 4.84. The van der Waals surface area contributed by atoms with Crippen molar-refractivity contribution in [2.24, 2.45) is 0 Å². The van der Waals surface area contributed by atoms with Gasteiger partial charge in [0, 0.05) is 25.5 Å². The second-order valence-electron chi connectivity index (χ2n) is 4.68. The summed E-state index contributed by atoms with van der Waals surface area (Å²) in [7, 11) is -3.02. The van der Waals surface area contributed by atoms with Gasteiger partial charge in [-0.15, -0.1) is 0 Å². The normalized spacial score (nSPS) is 21.8. The zero-order valence-electron chi connectivity index (χ0n) is 10.8. The van der Waals surface area contributed by atoms with Crippen molar-refractivity contribution >= 4 is 15.8 Å². The summed E-state index contributed by atoms with van der Waals surface area (Å²) in [5.74, 6) is 0.811. The number of anilines is 1. The molecule has 0 N–H and O–H groups in total. The molecule has 0 aliphatic carbocycles. The van der Waals surface area contributed by atoms with Crippen molar-refractivity contribution in [2.45, 2.75) is 31.4 Å². The molecule has 0 saturated carbocycles. The number of aromatic nitrogens is 2. The van der Waals surface area contributed by atoms with E-state index >= 15 is 0 Å². The largest absolute Gasteiger partial charge is 0.338 e. The molecule has 1 aliphatic rings. The summed E-state index contributed by atoms with van der Waals surface area (Å²) in [5, 5.41) is 0. The minimum atomic E-state index is -3.02. The maximum absolute atomic E-state index is 12.3. The summed E-state index contributed by atoms with van der Waals surface area (Å²) in [6.07, 6.45) is 4.64. The highest BCUT2D eigenvalue weighted by molar-refractivity contribution is 7.92. The fraction of sp³-hybridized carbons (Fsp3) is 0.667. The van der Waals surface area contributed by atoms with E-state index in [0.717, 1.165) is 0 Å². The predicted molar refractivity (Wildman–Crippen MR) is 71.3 cm³/mol. The van der Waals surface area contributed by atoms with Crippen LogP contribution in [0.2, 0.25) is 0 Å². The highest BCUT2D eigenvalue weighted by atomic mass is 32.2. The van der Waals surface area contributed by atoms with Gasteiger partial charge in [-0.05, 0) is 18.9 Å². The lowest BCUT2D eigenvalue weighted by molar-refractivity contribution is 0.456. The third-order valence-electron chi connectivity index (χ3n) is 3.89. The summed E-state index contributed by atoms with van der Waals surface area (Å²) in [6, 6.07) is 1.76. The van der Waals surface area contributed by atoms with Crippen LogP contribution in [0.1, 0.15) is 26.7 Å². The molecule has 0 spiro atoms. The van der Waals surface area contributed by atoms with Crippen molar-refractivity contribution in [3.05, 3.63) is 18.5 Å². The third-order valence-corrected chi connectivity index (χ3v) is 6.64. The van der Waals surface area contributed by atoms with Gasteiger partial charge in [0.2, 0.25) is 5.95 Å². The van der Waals surface area contributed by atoms with Crippen molar-refractivity contribution < 1.29 is 8.42 Å². The number of hydrogen-bond acceptors (Lipinski definition) is 5. The first-order chi connectivity index (χ1) is 8.54. The fourth-order valence-electron chi connectivity index (χ4n) is 2.51. The van der Waals surface area contributed by atoms with Crippen molar-refractivity contribution in [1.29, 1.82) is 0 Å². The summed E-state index contributed by atoms with van der Waals surface area (Å²) < 4.78 is 23.9. The maximum Gasteiger partial charge on any atom is 0.225 e. The molecule has 1 aromatic rings. The van der Waals surface area contributed by atoms with Crippen LogP contribution in [-0.2, 0) is 9.84 Å². The summed E-state index contributed by atoms with van der Waals surface area (Å²) in [4.78, 5) is 10.4. The molecule has 100 valence electrons. The molecule has 6 heteroatoms. The first kappa shape index (κ1) is 13.3. The third kappa shape index (κ3) is 2.09. The maximum atomic E-state index is 12.3. The van der Waals surface area contributed by atoms with Crippen LogP contribution in [0.15, 0.2) is 18.5 Å². The molecule has 0 atom stereocenters. The minimum Gasteiger partial charge on any atom is -0.338 e. The Balaban J connectivity index is 2.31. The van der Waals surface area contributed by atoms with Crippen molar-refractivity contribution in [1.82, 2.24) is 9.97 Å². The van der Waals surface area contributed by atoms with Gasteiger partial charge >= 0.3 is 0 Å². The van der Waals surface area contributed by atoms with Crippen LogP contribution in [0, 0.1) is 0 Å². The minimum absolute atomic E-state index is 0.187. The van der Waals surface area contributed by atoms with Crippen LogP contribution >= 0.6 is 0 Å². The molecular formula is C12H19N3O2S. The van der Waals surface area contributed by atoms with Gasteiger partial charge in [-0.25, -0.2) is 18.4 Å². The van der Waals surface area contributed by atoms with Gasteiger partial charge in [0.05, 0.1) is 10.5 Å². The van der Waals surface area contributed by atoms with Crippen LogP contribution in [-0.4, -0.2) is 42.0 Å². The molecule has 2 heterocycles. The zero-order valence-corrected chi connectivity index (χ0v) is 11.7. The van der Waals surface area contributed by atoms with Crippen LogP contribution in [0.4, 0.5) is 5.95 Å². The van der Waals surface area contributed by atoms with Crippen LogP contribution < -0.4 is 4.90 Å². The SMILES string of the molecule is CCC1(CC)CN(c2ncccn2)CCS1(=O)=O. The quantitative estimate of drug-likeness (QED) is 0.827. The Bertz CT molecular complexity index is 497. The summed E-state index contributed by atoms with van der Waals surface area (Å²) in [6.45, 7) is 4.85. The van der Waals surface area contributed by atoms with Crippen LogP contribution in [0.3, 0.4) is 0 Å². The molecule has 0 radical (unpaired) electrons. The van der Waals surface area contributed by atoms with Crippen LogP contribution in [0.5, 0.6) is 0 Å². The van der Waals surface area contributed by atoms with Gasteiger partial charge in [0.1, 0.15) is 0 Å². The van der Waals surface area contributed by atoms with Gasteiger partial charge in [0.15, 0.2) is 9.84 Å². The molecule has 18 heavy (non-hydrogen) atoms. The molecule has 1 aromatic heterocycles. The van der Waals surface area contributed by atoms with E-state index in [1.54, 1.807) is 18.5 Å². The van der Waals surface area contributed by atoms with E-state index in [0.29, 0.717) is 31.9 Å². The summed E-state index contributed by atoms with van der Waals surface area (Å²) in [5.41, 5.74) is 0. The fourth-order valence-corrected chi connectivity index (χ4v) is 4.64. The average Bonchev–Trinajstić information content (AvgIpc) is 2.40. The summed E-state index contributed by atoms with van der Waals surface area (Å²) >= 11 is 0. The molecule has 0 unspecified atom stereocenters. The van der Waals surface area contributed by atoms with E-state index in [1.165, 1.54) is 0 Å². The Kier molecular flexibility index (Phi) is 3.56. The standard InChI is InChI=1S/C12H19N3O2S/c1-3-12(4-2)10-15(8-9-18(12,16)17)11-13-6-5-7-14-11/h5-7H,3-4,8-10H2,1-2H3. The Morgan fingerprint density at radius 1 is 1.28 bits per heavy atom. The Hall–Kier alpha value is -1.17. The molecule has 1 saturated heterocycles. The molecule has 5 nitrogen and oxygen atoms in total. The van der Waals surface area contributed by atoms with Gasteiger partial charge in [-0.3, -0.25) is 0 Å². The number of nitrogens with zero attached hydrogens (tertiary/aromatic N) is 3. The van der Waals surface area contributed by atoms with Gasteiger partial charge in [-0.2, -0.15) is 0 Å². The Morgan fingerprint density at radius 3 is 2.44 bits per heavy atom. The van der Waals surface area contributed by atoms with Crippen molar-refractivity contribution in [3.8, 4) is 0 Å². The number of hydrogen-bond donors (Lipinski definition) is 0. The van der Waals surface area contributed by atoms with Gasteiger partial charge in [0.25, 0.3) is 0 Å². The lowest BCUT2D eigenvalue weighted by atomic mass is 10.0. The lowest BCUT2D eigenvalue weighted by Gasteiger charge is -2.41. The Morgan fingerprint density at radius 2 is 1.89 bits per heavy atom. The van der Waals surface area contributed by atoms with E-state index in [2.05, 4.69) is 9.97 Å². The molecular weight excluding hydrogens is 250 g/mol. The van der Waals surface area contributed by atoms with E-state index in [4.69, 9.17) is 0 Å². The zero-order chi connectivity index (χ0) is 13.2. The number of sulfone groups is 1. The van der Waals surface area contributed by atoms with Crippen LogP contribution in [0.25, 0.3) is 0 Å². The molecule has 1 fully saturated rings. The highest BCUT2D eigenvalue weighted by Crippen LogP contribution is 2.32. The van der Waals surface area contributed by atoms with Gasteiger partial charge < -0.3 is 4.90 Å². The smallest absolute Gasteiger partial charge is 0.225 e. The Labute approximate surface area is 108 Å². The second-order valence-corrected chi connectivity index (χ2v) is 7.18. The first-order valence-electron chi connectivity index (χ1n) is 6.29. The molecule has 0 amide bonds. The van der Waals surface area contributed by atoms with E-state index in [9.17, 15) is 8.42 Å². The van der Waals surface area contributed by atoms with E-state index in [1.807, 2.05) is 18.7 Å². The first-order valence-corrected chi connectivity index (χ1v) is 7.94. The van der Waals surface area contributed by atoms with Crippen molar-refractivity contribution in [3.63, 3.8) is 0 Å². The van der Waals surface area contributed by atoms with E-state index < -0.39 is 14.6 Å². The average molecular weight is 269 g/mol.